The smallest absolute Gasteiger partial charge is 0.308 e. The van der Waals surface area contributed by atoms with Gasteiger partial charge in [0.2, 0.25) is 0 Å². The molecule has 3 rings (SSSR count). The molecule has 1 aliphatic heterocycles. The predicted molar refractivity (Wildman–Crippen MR) is 138 cm³/mol. The zero-order valence-electron chi connectivity index (χ0n) is 20.5. The second kappa shape index (κ2) is 11.3. The molecule has 184 valence electrons. The fraction of sp³-hybridized carbons (Fsp3) is 0.520. The van der Waals surface area contributed by atoms with Crippen molar-refractivity contribution < 1.29 is 19.1 Å². The molecule has 0 aliphatic carbocycles. The first-order valence-corrected chi connectivity index (χ1v) is 12.2. The molecule has 1 aromatic heterocycles. The molecule has 0 bridgehead atoms. The number of ether oxygens (including phenoxy) is 2. The maximum Gasteiger partial charge on any atom is 0.308 e. The fourth-order valence-electron chi connectivity index (χ4n) is 3.83. The van der Waals surface area contributed by atoms with Gasteiger partial charge in [-0.15, -0.1) is 0 Å². The molecule has 0 spiro atoms. The zero-order chi connectivity index (χ0) is 24.9. The van der Waals surface area contributed by atoms with Gasteiger partial charge in [0.25, 0.3) is 5.91 Å². The average molecular weight is 533 g/mol. The molecular formula is C25H33BrN4O4. The standard InChI is InChI=1S/C25H33BrN4O4/c1-25(2,3)34-23(31)10-12-33-15-18-7-6-11-30(18)22-14-20(24(32)27-16-29(4)5)19-9-8-17(26)13-21(19)28-22/h8-9,13-14,16,18H,6-7,10-12,15H2,1-5H3/t18-/m0/s1. The van der Waals surface area contributed by atoms with E-state index in [1.807, 2.05) is 59.1 Å². The monoisotopic (exact) mass is 532 g/mol. The van der Waals surface area contributed by atoms with E-state index in [1.165, 1.54) is 6.34 Å². The highest BCUT2D eigenvalue weighted by Crippen LogP contribution is 2.30. The van der Waals surface area contributed by atoms with Gasteiger partial charge in [-0.1, -0.05) is 22.0 Å². The number of pyridine rings is 1. The largest absolute Gasteiger partial charge is 0.460 e. The highest BCUT2D eigenvalue weighted by molar-refractivity contribution is 9.10. The summed E-state index contributed by atoms with van der Waals surface area (Å²) in [4.78, 5) is 37.7. The minimum Gasteiger partial charge on any atom is -0.460 e. The van der Waals surface area contributed by atoms with Gasteiger partial charge < -0.3 is 19.3 Å². The molecule has 1 atom stereocenters. The van der Waals surface area contributed by atoms with E-state index in [-0.39, 0.29) is 24.3 Å². The lowest BCUT2D eigenvalue weighted by molar-refractivity contribution is -0.156. The molecule has 0 radical (unpaired) electrons. The number of aromatic nitrogens is 1. The number of nitrogens with zero attached hydrogens (tertiary/aromatic N) is 4. The third kappa shape index (κ3) is 7.24. The van der Waals surface area contributed by atoms with Crippen molar-refractivity contribution in [3.8, 4) is 0 Å². The van der Waals surface area contributed by atoms with E-state index in [0.29, 0.717) is 18.8 Å². The maximum atomic E-state index is 12.9. The Balaban J connectivity index is 1.76. The number of anilines is 1. The molecule has 0 saturated carbocycles. The van der Waals surface area contributed by atoms with Gasteiger partial charge in [0.15, 0.2) is 0 Å². The number of rotatable bonds is 8. The van der Waals surface area contributed by atoms with E-state index in [9.17, 15) is 9.59 Å². The number of fused-ring (bicyclic) bond motifs is 1. The van der Waals surface area contributed by atoms with Crippen LogP contribution in [0.15, 0.2) is 33.7 Å². The van der Waals surface area contributed by atoms with E-state index < -0.39 is 5.60 Å². The first-order chi connectivity index (χ1) is 16.0. The van der Waals surface area contributed by atoms with Crippen molar-refractivity contribution in [3.63, 3.8) is 0 Å². The SMILES string of the molecule is CN(C)C=NC(=O)c1cc(N2CCC[C@H]2COCCC(=O)OC(C)(C)C)nc2cc(Br)ccc12. The van der Waals surface area contributed by atoms with Crippen LogP contribution in [0.5, 0.6) is 0 Å². The van der Waals surface area contributed by atoms with E-state index in [1.54, 1.807) is 4.90 Å². The quantitative estimate of drug-likeness (QED) is 0.215. The molecule has 1 amide bonds. The summed E-state index contributed by atoms with van der Waals surface area (Å²) in [5.41, 5.74) is 0.746. The number of hydrogen-bond donors (Lipinski definition) is 0. The summed E-state index contributed by atoms with van der Waals surface area (Å²) in [6.07, 6.45) is 3.67. The number of halogens is 1. The van der Waals surface area contributed by atoms with Gasteiger partial charge >= 0.3 is 5.97 Å². The van der Waals surface area contributed by atoms with Crippen LogP contribution in [0.3, 0.4) is 0 Å². The summed E-state index contributed by atoms with van der Waals surface area (Å²) < 4.78 is 12.1. The topological polar surface area (TPSA) is 84.3 Å². The van der Waals surface area contributed by atoms with E-state index in [0.717, 1.165) is 40.6 Å². The molecule has 1 aliphatic rings. The first kappa shape index (κ1) is 26.1. The molecule has 34 heavy (non-hydrogen) atoms. The molecule has 2 heterocycles. The molecule has 8 nitrogen and oxygen atoms in total. The second-order valence-electron chi connectivity index (χ2n) is 9.60. The van der Waals surface area contributed by atoms with Crippen molar-refractivity contribution in [1.82, 2.24) is 9.88 Å². The van der Waals surface area contributed by atoms with Crippen LogP contribution in [-0.2, 0) is 14.3 Å². The van der Waals surface area contributed by atoms with Crippen molar-refractivity contribution in [2.75, 3.05) is 38.8 Å². The summed E-state index contributed by atoms with van der Waals surface area (Å²) in [6, 6.07) is 7.63. The lowest BCUT2D eigenvalue weighted by Crippen LogP contribution is -2.34. The lowest BCUT2D eigenvalue weighted by Gasteiger charge is -2.26. The number of carbonyl (C=O) groups excluding carboxylic acids is 2. The Morgan fingerprint density at radius 3 is 2.76 bits per heavy atom. The Bertz CT molecular complexity index is 1060. The molecule has 0 unspecified atom stereocenters. The van der Waals surface area contributed by atoms with Crippen LogP contribution in [0.2, 0.25) is 0 Å². The van der Waals surface area contributed by atoms with Crippen LogP contribution in [-0.4, -0.2) is 73.6 Å². The Hall–Kier alpha value is -2.52. The van der Waals surface area contributed by atoms with Gasteiger partial charge in [-0.05, 0) is 51.8 Å². The third-order valence-electron chi connectivity index (χ3n) is 5.25. The van der Waals surface area contributed by atoms with E-state index in [2.05, 4.69) is 25.8 Å². The number of aliphatic imine (C=N–C) groups is 1. The van der Waals surface area contributed by atoms with Crippen molar-refractivity contribution in [3.05, 3.63) is 34.3 Å². The van der Waals surface area contributed by atoms with Crippen LogP contribution >= 0.6 is 15.9 Å². The zero-order valence-corrected chi connectivity index (χ0v) is 22.1. The maximum absolute atomic E-state index is 12.9. The number of hydrogen-bond acceptors (Lipinski definition) is 6. The van der Waals surface area contributed by atoms with Crippen LogP contribution in [0, 0.1) is 0 Å². The van der Waals surface area contributed by atoms with Crippen molar-refractivity contribution >= 4 is 50.9 Å². The minimum absolute atomic E-state index is 0.115. The molecule has 1 aromatic carbocycles. The molecular weight excluding hydrogens is 500 g/mol. The Kier molecular flexibility index (Phi) is 8.65. The highest BCUT2D eigenvalue weighted by atomic mass is 79.9. The van der Waals surface area contributed by atoms with Crippen LogP contribution in [0.4, 0.5) is 5.82 Å². The number of benzene rings is 1. The molecule has 2 aromatic rings. The number of carbonyl (C=O) groups is 2. The van der Waals surface area contributed by atoms with Crippen molar-refractivity contribution in [1.29, 1.82) is 0 Å². The fourth-order valence-corrected chi connectivity index (χ4v) is 4.18. The van der Waals surface area contributed by atoms with Gasteiger partial charge in [0.1, 0.15) is 11.4 Å². The van der Waals surface area contributed by atoms with E-state index >= 15 is 0 Å². The van der Waals surface area contributed by atoms with Gasteiger partial charge in [-0.3, -0.25) is 9.59 Å². The summed E-state index contributed by atoms with van der Waals surface area (Å²) >= 11 is 3.50. The molecule has 1 fully saturated rings. The number of esters is 1. The minimum atomic E-state index is -0.498. The van der Waals surface area contributed by atoms with Crippen LogP contribution in [0.25, 0.3) is 10.9 Å². The molecule has 1 saturated heterocycles. The van der Waals surface area contributed by atoms with Crippen LogP contribution < -0.4 is 4.90 Å². The van der Waals surface area contributed by atoms with Crippen molar-refractivity contribution in [2.45, 2.75) is 51.7 Å². The summed E-state index contributed by atoms with van der Waals surface area (Å²) in [6.45, 7) is 7.15. The predicted octanol–water partition coefficient (Wildman–Crippen LogP) is 4.44. The Morgan fingerprint density at radius 1 is 1.29 bits per heavy atom. The van der Waals surface area contributed by atoms with Gasteiger partial charge in [0, 0.05) is 30.5 Å². The van der Waals surface area contributed by atoms with Gasteiger partial charge in [-0.2, -0.15) is 4.99 Å². The molecule has 0 N–H and O–H groups in total. The Morgan fingerprint density at radius 2 is 2.06 bits per heavy atom. The Labute approximate surface area is 209 Å². The summed E-state index contributed by atoms with van der Waals surface area (Å²) in [7, 11) is 3.64. The third-order valence-corrected chi connectivity index (χ3v) is 5.74. The van der Waals surface area contributed by atoms with Gasteiger partial charge in [-0.25, -0.2) is 4.98 Å². The number of amides is 1. The second-order valence-corrected chi connectivity index (χ2v) is 10.5. The lowest BCUT2D eigenvalue weighted by atomic mass is 10.1. The first-order valence-electron chi connectivity index (χ1n) is 11.4. The average Bonchev–Trinajstić information content (AvgIpc) is 3.21. The highest BCUT2D eigenvalue weighted by Gasteiger charge is 2.27. The van der Waals surface area contributed by atoms with Gasteiger partial charge in [0.05, 0.1) is 43.1 Å². The normalized spacial score (nSPS) is 16.4. The van der Waals surface area contributed by atoms with Crippen LogP contribution in [0.1, 0.15) is 50.4 Å². The van der Waals surface area contributed by atoms with E-state index in [4.69, 9.17) is 14.5 Å². The summed E-state index contributed by atoms with van der Waals surface area (Å²) in [5, 5.41) is 0.761. The van der Waals surface area contributed by atoms with Crippen molar-refractivity contribution in [2.24, 2.45) is 4.99 Å². The molecule has 9 heteroatoms. The summed E-state index contributed by atoms with van der Waals surface area (Å²) in [5.74, 6) is 0.153.